The maximum atomic E-state index is 13.4. The average molecular weight is 458 g/mol. The van der Waals surface area contributed by atoms with Crippen molar-refractivity contribution in [3.63, 3.8) is 0 Å². The highest BCUT2D eigenvalue weighted by molar-refractivity contribution is 6.51. The van der Waals surface area contributed by atoms with E-state index >= 15 is 0 Å². The molecule has 0 bridgehead atoms. The molecule has 1 aliphatic rings. The monoisotopic (exact) mass is 457 g/mol. The van der Waals surface area contributed by atoms with Crippen LogP contribution in [-0.2, 0) is 9.59 Å². The number of para-hydroxylation sites is 1. The second-order valence-electron chi connectivity index (χ2n) is 8.17. The van der Waals surface area contributed by atoms with E-state index in [9.17, 15) is 14.7 Å². The summed E-state index contributed by atoms with van der Waals surface area (Å²) in [6.45, 7) is 6.13. The summed E-state index contributed by atoms with van der Waals surface area (Å²) >= 11 is 0. The van der Waals surface area contributed by atoms with Gasteiger partial charge in [-0.2, -0.15) is 0 Å². The quantitative estimate of drug-likeness (QED) is 0.307. The summed E-state index contributed by atoms with van der Waals surface area (Å²) < 4.78 is 11.2. The Labute approximate surface area is 199 Å². The molecule has 34 heavy (non-hydrogen) atoms. The third-order valence-electron chi connectivity index (χ3n) is 5.84. The van der Waals surface area contributed by atoms with Crippen LogP contribution >= 0.6 is 0 Å². The first kappa shape index (κ1) is 23.1. The molecule has 0 radical (unpaired) electrons. The third-order valence-corrected chi connectivity index (χ3v) is 5.84. The second-order valence-corrected chi connectivity index (χ2v) is 8.17. The van der Waals surface area contributed by atoms with Crippen LogP contribution in [0.3, 0.4) is 0 Å². The fraction of sp³-hybridized carbons (Fsp3) is 0.214. The fourth-order valence-electron chi connectivity index (χ4n) is 4.49. The Hall–Kier alpha value is -4.06. The molecule has 1 heterocycles. The van der Waals surface area contributed by atoms with Gasteiger partial charge in [0.2, 0.25) is 0 Å². The van der Waals surface area contributed by atoms with E-state index in [2.05, 4.69) is 0 Å². The molecule has 1 unspecified atom stereocenters. The predicted molar refractivity (Wildman–Crippen MR) is 131 cm³/mol. The van der Waals surface area contributed by atoms with E-state index < -0.39 is 17.7 Å². The van der Waals surface area contributed by atoms with Crippen LogP contribution in [0.1, 0.15) is 35.2 Å². The molecule has 1 atom stereocenters. The number of hydrogen-bond donors (Lipinski definition) is 1. The van der Waals surface area contributed by atoms with Crippen LogP contribution in [0.2, 0.25) is 0 Å². The number of carbonyl (C=O) groups excluding carboxylic acids is 2. The lowest BCUT2D eigenvalue weighted by Gasteiger charge is -2.26. The van der Waals surface area contributed by atoms with Crippen LogP contribution in [0, 0.1) is 13.8 Å². The molecule has 6 heteroatoms. The summed E-state index contributed by atoms with van der Waals surface area (Å²) in [5.74, 6) is -0.664. The normalized spacial score (nSPS) is 17.2. The van der Waals surface area contributed by atoms with Crippen molar-refractivity contribution in [2.45, 2.75) is 26.8 Å². The molecule has 1 fully saturated rings. The van der Waals surface area contributed by atoms with Crippen molar-refractivity contribution in [2.75, 3.05) is 18.6 Å². The van der Waals surface area contributed by atoms with E-state index in [-0.39, 0.29) is 11.3 Å². The lowest BCUT2D eigenvalue weighted by Crippen LogP contribution is -2.29. The Morgan fingerprint density at radius 2 is 1.74 bits per heavy atom. The van der Waals surface area contributed by atoms with E-state index in [1.54, 1.807) is 36.4 Å². The number of methoxy groups -OCH3 is 1. The highest BCUT2D eigenvalue weighted by atomic mass is 16.5. The zero-order valence-electron chi connectivity index (χ0n) is 19.7. The van der Waals surface area contributed by atoms with E-state index in [1.165, 1.54) is 12.0 Å². The Morgan fingerprint density at radius 3 is 2.41 bits per heavy atom. The number of amides is 1. The molecule has 3 aromatic rings. The van der Waals surface area contributed by atoms with Crippen molar-refractivity contribution in [3.05, 3.63) is 94.6 Å². The van der Waals surface area contributed by atoms with Crippen LogP contribution in [0.4, 0.5) is 5.69 Å². The molecule has 1 N–H and O–H groups in total. The number of ether oxygens (including phenoxy) is 2. The maximum Gasteiger partial charge on any atom is 0.300 e. The number of aliphatic hydroxyl groups excluding tert-OH is 1. The average Bonchev–Trinajstić information content (AvgIpc) is 3.09. The van der Waals surface area contributed by atoms with Gasteiger partial charge in [-0.05, 0) is 67.8 Å². The van der Waals surface area contributed by atoms with E-state index in [4.69, 9.17) is 9.47 Å². The molecule has 1 aliphatic heterocycles. The first-order valence-corrected chi connectivity index (χ1v) is 11.1. The number of nitrogens with zero attached hydrogens (tertiary/aromatic N) is 1. The van der Waals surface area contributed by atoms with Gasteiger partial charge in [-0.15, -0.1) is 0 Å². The maximum absolute atomic E-state index is 13.4. The number of benzene rings is 3. The van der Waals surface area contributed by atoms with Gasteiger partial charge in [0.25, 0.3) is 11.7 Å². The van der Waals surface area contributed by atoms with Gasteiger partial charge in [0.05, 0.1) is 30.9 Å². The number of hydrogen-bond acceptors (Lipinski definition) is 5. The molecule has 1 amide bonds. The number of Topliss-reactive ketones (excluding diaryl/α,β-unsaturated/α-hetero) is 1. The zero-order valence-corrected chi connectivity index (χ0v) is 19.7. The number of rotatable bonds is 6. The third kappa shape index (κ3) is 4.03. The highest BCUT2D eigenvalue weighted by Crippen LogP contribution is 2.44. The summed E-state index contributed by atoms with van der Waals surface area (Å²) in [5.41, 5.74) is 3.30. The molecular weight excluding hydrogens is 430 g/mol. The van der Waals surface area contributed by atoms with Crippen LogP contribution in [-0.4, -0.2) is 30.5 Å². The minimum atomic E-state index is -0.840. The van der Waals surface area contributed by atoms with Crippen LogP contribution in [0.25, 0.3) is 5.76 Å². The zero-order chi connectivity index (χ0) is 24.4. The molecule has 1 saturated heterocycles. The summed E-state index contributed by atoms with van der Waals surface area (Å²) in [7, 11) is 1.51. The van der Waals surface area contributed by atoms with Gasteiger partial charge in [0.1, 0.15) is 17.3 Å². The van der Waals surface area contributed by atoms with Crippen LogP contribution < -0.4 is 14.4 Å². The minimum absolute atomic E-state index is 0.00537. The fourth-order valence-corrected chi connectivity index (χ4v) is 4.49. The Bertz CT molecular complexity index is 1280. The van der Waals surface area contributed by atoms with E-state index in [0.717, 1.165) is 11.1 Å². The van der Waals surface area contributed by atoms with Crippen molar-refractivity contribution in [1.29, 1.82) is 0 Å². The van der Waals surface area contributed by atoms with Gasteiger partial charge in [0.15, 0.2) is 0 Å². The van der Waals surface area contributed by atoms with Crippen molar-refractivity contribution < 1.29 is 24.2 Å². The van der Waals surface area contributed by atoms with Crippen molar-refractivity contribution in [3.8, 4) is 11.5 Å². The number of aryl methyl sites for hydroxylation is 2. The summed E-state index contributed by atoms with van der Waals surface area (Å²) in [4.78, 5) is 28.1. The molecular formula is C28H27NO5. The first-order chi connectivity index (χ1) is 16.4. The van der Waals surface area contributed by atoms with Gasteiger partial charge in [-0.3, -0.25) is 14.5 Å². The van der Waals surface area contributed by atoms with Gasteiger partial charge in [-0.1, -0.05) is 36.4 Å². The summed E-state index contributed by atoms with van der Waals surface area (Å²) in [6.07, 6.45) is 0. The van der Waals surface area contributed by atoms with Gasteiger partial charge in [0, 0.05) is 5.69 Å². The van der Waals surface area contributed by atoms with E-state index in [1.807, 2.05) is 51.1 Å². The van der Waals surface area contributed by atoms with Crippen molar-refractivity contribution in [2.24, 2.45) is 0 Å². The highest BCUT2D eigenvalue weighted by Gasteiger charge is 2.47. The molecule has 174 valence electrons. The Kier molecular flexibility index (Phi) is 6.41. The van der Waals surface area contributed by atoms with Crippen LogP contribution in [0.15, 0.2) is 72.3 Å². The topological polar surface area (TPSA) is 76.1 Å². The number of aliphatic hydroxyl groups is 1. The molecule has 0 aliphatic carbocycles. The smallest absolute Gasteiger partial charge is 0.300 e. The van der Waals surface area contributed by atoms with Gasteiger partial charge in [-0.25, -0.2) is 0 Å². The predicted octanol–water partition coefficient (Wildman–Crippen LogP) is 5.34. The van der Waals surface area contributed by atoms with Crippen molar-refractivity contribution >= 4 is 23.1 Å². The number of carbonyl (C=O) groups is 2. The summed E-state index contributed by atoms with van der Waals surface area (Å²) in [6, 6.07) is 19.1. The summed E-state index contributed by atoms with van der Waals surface area (Å²) in [5, 5.41) is 11.5. The first-order valence-electron chi connectivity index (χ1n) is 11.1. The van der Waals surface area contributed by atoms with E-state index in [0.29, 0.717) is 34.9 Å². The lowest BCUT2D eigenvalue weighted by molar-refractivity contribution is -0.132. The largest absolute Gasteiger partial charge is 0.507 e. The molecule has 0 spiro atoms. The van der Waals surface area contributed by atoms with Gasteiger partial charge >= 0.3 is 0 Å². The number of anilines is 1. The molecule has 0 aromatic heterocycles. The standard InChI is InChI=1S/C28H27NO5/c1-5-34-21-13-9-10-19(16-21)24-23(25(30)22-15-17(2)14-18(3)27(22)33-4)26(31)28(32)29(24)20-11-7-6-8-12-20/h6-16,24,30H,5H2,1-4H3/b25-23+. The molecule has 3 aromatic carbocycles. The molecule has 4 rings (SSSR count). The Morgan fingerprint density at radius 1 is 1.00 bits per heavy atom. The van der Waals surface area contributed by atoms with Crippen LogP contribution in [0.5, 0.6) is 11.5 Å². The second kappa shape index (κ2) is 9.43. The van der Waals surface area contributed by atoms with Crippen molar-refractivity contribution in [1.82, 2.24) is 0 Å². The lowest BCUT2D eigenvalue weighted by atomic mass is 9.93. The number of ketones is 1. The SMILES string of the molecule is CCOc1cccc(C2/C(=C(\O)c3cc(C)cc(C)c3OC)C(=O)C(=O)N2c2ccccc2)c1. The Balaban J connectivity index is 2.00. The van der Waals surface area contributed by atoms with Gasteiger partial charge < -0.3 is 14.6 Å². The molecule has 0 saturated carbocycles. The molecule has 6 nitrogen and oxygen atoms in total. The minimum Gasteiger partial charge on any atom is -0.507 e.